The Morgan fingerprint density at radius 2 is 2.18 bits per heavy atom. The van der Waals surface area contributed by atoms with Gasteiger partial charge in [0.05, 0.1) is 17.9 Å². The zero-order valence-electron chi connectivity index (χ0n) is 12.1. The van der Waals surface area contributed by atoms with Crippen LogP contribution in [-0.2, 0) is 11.3 Å². The molecule has 0 aromatic carbocycles. The maximum absolute atomic E-state index is 12.5. The molecule has 0 saturated carbocycles. The fourth-order valence-corrected chi connectivity index (χ4v) is 1.94. The monoisotopic (exact) mass is 311 g/mol. The summed E-state index contributed by atoms with van der Waals surface area (Å²) in [5.74, 6) is -0.793. The van der Waals surface area contributed by atoms with E-state index in [9.17, 15) is 13.6 Å². The summed E-state index contributed by atoms with van der Waals surface area (Å²) in [7, 11) is 0. The number of aryl methyl sites for hydroxylation is 1. The van der Waals surface area contributed by atoms with Gasteiger partial charge < -0.3 is 9.47 Å². The highest BCUT2D eigenvalue weighted by molar-refractivity contribution is 5.89. The van der Waals surface area contributed by atoms with Gasteiger partial charge in [-0.2, -0.15) is 13.9 Å². The normalized spacial score (nSPS) is 10.8. The van der Waals surface area contributed by atoms with Gasteiger partial charge in [0.25, 0.3) is 0 Å². The lowest BCUT2D eigenvalue weighted by atomic mass is 10.2. The first-order valence-electron chi connectivity index (χ1n) is 6.72. The van der Waals surface area contributed by atoms with Gasteiger partial charge in [-0.3, -0.25) is 4.68 Å². The number of alkyl halides is 2. The molecule has 0 N–H and O–H groups in total. The largest absolute Gasteiger partial charge is 0.461 e. The Labute approximate surface area is 125 Å². The number of hydrogen-bond donors (Lipinski definition) is 0. The molecule has 0 aliphatic rings. The summed E-state index contributed by atoms with van der Waals surface area (Å²) < 4.78 is 35.8. The summed E-state index contributed by atoms with van der Waals surface area (Å²) >= 11 is 0. The minimum Gasteiger partial charge on any atom is -0.461 e. The maximum atomic E-state index is 12.5. The number of halogens is 2. The second-order valence-electron chi connectivity index (χ2n) is 4.19. The number of aromatic nitrogens is 3. The molecule has 0 radical (unpaired) electrons. The highest BCUT2D eigenvalue weighted by Crippen LogP contribution is 2.29. The second kappa shape index (κ2) is 6.97. The molecule has 0 unspecified atom stereocenters. The van der Waals surface area contributed by atoms with Gasteiger partial charge in [-0.05, 0) is 32.0 Å². The minimum absolute atomic E-state index is 0.102. The van der Waals surface area contributed by atoms with Crippen LogP contribution in [0.15, 0.2) is 24.4 Å². The van der Waals surface area contributed by atoms with E-state index in [0.29, 0.717) is 17.8 Å². The van der Waals surface area contributed by atoms with Crippen LogP contribution in [-0.4, -0.2) is 34.0 Å². The third-order valence-corrected chi connectivity index (χ3v) is 2.81. The zero-order valence-corrected chi connectivity index (χ0v) is 12.1. The van der Waals surface area contributed by atoms with E-state index in [0.717, 1.165) is 0 Å². The molecular formula is C14H15F2N3O3. The molecule has 2 rings (SSSR count). The van der Waals surface area contributed by atoms with Crippen molar-refractivity contribution in [3.63, 3.8) is 0 Å². The third-order valence-electron chi connectivity index (χ3n) is 2.81. The summed E-state index contributed by atoms with van der Waals surface area (Å²) in [6.45, 7) is 1.18. The minimum atomic E-state index is -2.99. The van der Waals surface area contributed by atoms with E-state index in [4.69, 9.17) is 4.74 Å². The predicted molar refractivity (Wildman–Crippen MR) is 73.7 cm³/mol. The van der Waals surface area contributed by atoms with Gasteiger partial charge in [0, 0.05) is 12.7 Å². The molecule has 0 fully saturated rings. The molecule has 118 valence electrons. The number of ether oxygens (including phenoxy) is 2. The summed E-state index contributed by atoms with van der Waals surface area (Å²) in [6, 6.07) is 4.63. The van der Waals surface area contributed by atoms with Gasteiger partial charge in [-0.1, -0.05) is 0 Å². The van der Waals surface area contributed by atoms with Crippen LogP contribution in [0.1, 0.15) is 24.3 Å². The summed E-state index contributed by atoms with van der Waals surface area (Å²) in [5.41, 5.74) is 0.882. The Bertz CT molecular complexity index is 659. The average Bonchev–Trinajstić information content (AvgIpc) is 2.91. The Morgan fingerprint density at radius 3 is 2.82 bits per heavy atom. The Morgan fingerprint density at radius 1 is 1.41 bits per heavy atom. The van der Waals surface area contributed by atoms with E-state index in [1.807, 2.05) is 6.92 Å². The van der Waals surface area contributed by atoms with Crippen molar-refractivity contribution < 1.29 is 23.0 Å². The summed E-state index contributed by atoms with van der Waals surface area (Å²) in [4.78, 5) is 15.6. The molecule has 0 saturated heterocycles. The van der Waals surface area contributed by atoms with Crippen molar-refractivity contribution in [3.8, 4) is 17.1 Å². The molecule has 8 heteroatoms. The van der Waals surface area contributed by atoms with E-state index in [1.165, 1.54) is 16.9 Å². The standard InChI is InChI=1S/C14H15F2N3O3/c1-3-19-11(8-10(18-19)13(20)21-4-2)9-6-5-7-17-12(9)22-14(15)16/h5-8,14H,3-4H2,1-2H3. The fourth-order valence-electron chi connectivity index (χ4n) is 1.94. The van der Waals surface area contributed by atoms with Crippen LogP contribution in [0.4, 0.5) is 8.78 Å². The van der Waals surface area contributed by atoms with Gasteiger partial charge in [0.2, 0.25) is 5.88 Å². The number of pyridine rings is 1. The van der Waals surface area contributed by atoms with Crippen LogP contribution >= 0.6 is 0 Å². The molecule has 2 heterocycles. The summed E-state index contributed by atoms with van der Waals surface area (Å²) in [6.07, 6.45) is 1.35. The number of nitrogens with zero attached hydrogens (tertiary/aromatic N) is 3. The number of carbonyl (C=O) groups is 1. The molecule has 0 aliphatic heterocycles. The van der Waals surface area contributed by atoms with Gasteiger partial charge in [-0.25, -0.2) is 9.78 Å². The van der Waals surface area contributed by atoms with E-state index < -0.39 is 12.6 Å². The Balaban J connectivity index is 2.46. The SMILES string of the molecule is CCOC(=O)c1cc(-c2cccnc2OC(F)F)n(CC)n1. The third kappa shape index (κ3) is 3.38. The van der Waals surface area contributed by atoms with Crippen LogP contribution < -0.4 is 4.74 Å². The maximum Gasteiger partial charge on any atom is 0.388 e. The molecule has 0 amide bonds. The van der Waals surface area contributed by atoms with Crippen LogP contribution in [0.5, 0.6) is 5.88 Å². The topological polar surface area (TPSA) is 66.2 Å². The Hall–Kier alpha value is -2.51. The van der Waals surface area contributed by atoms with E-state index >= 15 is 0 Å². The van der Waals surface area contributed by atoms with Crippen LogP contribution in [0.3, 0.4) is 0 Å². The first kappa shape index (κ1) is 15.9. The first-order chi connectivity index (χ1) is 10.6. The molecule has 0 spiro atoms. The van der Waals surface area contributed by atoms with Crippen LogP contribution in [0.25, 0.3) is 11.3 Å². The lowest BCUT2D eigenvalue weighted by Crippen LogP contribution is -2.07. The van der Waals surface area contributed by atoms with Gasteiger partial charge >= 0.3 is 12.6 Å². The van der Waals surface area contributed by atoms with Crippen LogP contribution in [0, 0.1) is 0 Å². The molecule has 2 aromatic rings. The molecule has 22 heavy (non-hydrogen) atoms. The molecule has 0 aliphatic carbocycles. The van der Waals surface area contributed by atoms with Crippen molar-refractivity contribution in [1.29, 1.82) is 0 Å². The van der Waals surface area contributed by atoms with E-state index in [1.54, 1.807) is 19.1 Å². The van der Waals surface area contributed by atoms with Crippen molar-refractivity contribution in [2.45, 2.75) is 27.0 Å². The van der Waals surface area contributed by atoms with Crippen molar-refractivity contribution in [2.24, 2.45) is 0 Å². The van der Waals surface area contributed by atoms with Gasteiger partial charge in [0.1, 0.15) is 0 Å². The van der Waals surface area contributed by atoms with E-state index in [2.05, 4.69) is 14.8 Å². The molecule has 6 nitrogen and oxygen atoms in total. The average molecular weight is 311 g/mol. The molecule has 2 aromatic heterocycles. The van der Waals surface area contributed by atoms with Crippen molar-refractivity contribution >= 4 is 5.97 Å². The number of rotatable bonds is 6. The highest BCUT2D eigenvalue weighted by Gasteiger charge is 2.20. The first-order valence-corrected chi connectivity index (χ1v) is 6.72. The van der Waals surface area contributed by atoms with Crippen molar-refractivity contribution in [3.05, 3.63) is 30.1 Å². The van der Waals surface area contributed by atoms with E-state index in [-0.39, 0.29) is 18.2 Å². The Kier molecular flexibility index (Phi) is 5.03. The molecule has 0 atom stereocenters. The molecular weight excluding hydrogens is 296 g/mol. The summed E-state index contributed by atoms with van der Waals surface area (Å²) in [5, 5.41) is 4.12. The number of carbonyl (C=O) groups excluding carboxylic acids is 1. The fraction of sp³-hybridized carbons (Fsp3) is 0.357. The number of esters is 1. The second-order valence-corrected chi connectivity index (χ2v) is 4.19. The van der Waals surface area contributed by atoms with Crippen LogP contribution in [0.2, 0.25) is 0 Å². The predicted octanol–water partition coefficient (Wildman–Crippen LogP) is 2.74. The smallest absolute Gasteiger partial charge is 0.388 e. The lowest BCUT2D eigenvalue weighted by Gasteiger charge is -2.10. The van der Waals surface area contributed by atoms with Crippen molar-refractivity contribution in [2.75, 3.05) is 6.61 Å². The molecule has 0 bridgehead atoms. The van der Waals surface area contributed by atoms with Crippen molar-refractivity contribution in [1.82, 2.24) is 14.8 Å². The van der Waals surface area contributed by atoms with Gasteiger partial charge in [0.15, 0.2) is 5.69 Å². The highest BCUT2D eigenvalue weighted by atomic mass is 19.3. The quantitative estimate of drug-likeness (QED) is 0.767. The number of hydrogen-bond acceptors (Lipinski definition) is 5. The zero-order chi connectivity index (χ0) is 16.1. The van der Waals surface area contributed by atoms with Gasteiger partial charge in [-0.15, -0.1) is 0 Å². The lowest BCUT2D eigenvalue weighted by molar-refractivity contribution is -0.0524.